The Morgan fingerprint density at radius 3 is 2.52 bits per heavy atom. The van der Waals surface area contributed by atoms with Crippen LogP contribution >= 0.6 is 11.6 Å². The minimum absolute atomic E-state index is 0.00700. The third kappa shape index (κ3) is 4.97. The molecule has 0 spiro atoms. The van der Waals surface area contributed by atoms with Gasteiger partial charge in [0.05, 0.1) is 19.0 Å². The monoisotopic (exact) mass is 416 g/mol. The zero-order chi connectivity index (χ0) is 21.1. The van der Waals surface area contributed by atoms with E-state index in [2.05, 4.69) is 45.5 Å². The van der Waals surface area contributed by atoms with E-state index in [1.807, 2.05) is 37.5 Å². The van der Waals surface area contributed by atoms with E-state index >= 15 is 0 Å². The van der Waals surface area contributed by atoms with Gasteiger partial charge in [-0.15, -0.1) is 0 Å². The highest BCUT2D eigenvalue weighted by atomic mass is 35.5. The second-order valence-electron chi connectivity index (χ2n) is 7.98. The van der Waals surface area contributed by atoms with Gasteiger partial charge in [0, 0.05) is 17.6 Å². The van der Waals surface area contributed by atoms with Crippen molar-refractivity contribution in [2.75, 3.05) is 17.2 Å². The first-order valence-electron chi connectivity index (χ1n) is 9.90. The summed E-state index contributed by atoms with van der Waals surface area (Å²) in [6.45, 7) is 10.9. The fourth-order valence-corrected chi connectivity index (χ4v) is 3.48. The Labute approximate surface area is 176 Å². The SMILES string of the molecule is Cc1cc(Cl)cc(CNc2nc(N[C@@H](CO)C(C)C)nc3c2ncn3C(C)C)c1. The number of aliphatic hydroxyl groups excluding tert-OH is 1. The molecule has 0 bridgehead atoms. The molecule has 1 atom stereocenters. The summed E-state index contributed by atoms with van der Waals surface area (Å²) < 4.78 is 2.01. The van der Waals surface area contributed by atoms with Crippen LogP contribution in [0.1, 0.15) is 44.9 Å². The lowest BCUT2D eigenvalue weighted by Gasteiger charge is -2.20. The first kappa shape index (κ1) is 21.3. The molecular formula is C21H29ClN6O. The van der Waals surface area contributed by atoms with Crippen LogP contribution < -0.4 is 10.6 Å². The van der Waals surface area contributed by atoms with Gasteiger partial charge in [-0.3, -0.25) is 0 Å². The van der Waals surface area contributed by atoms with Gasteiger partial charge in [-0.2, -0.15) is 9.97 Å². The molecule has 3 aromatic rings. The van der Waals surface area contributed by atoms with Gasteiger partial charge in [0.2, 0.25) is 5.95 Å². The highest BCUT2D eigenvalue weighted by Crippen LogP contribution is 2.25. The number of anilines is 2. The van der Waals surface area contributed by atoms with Crippen LogP contribution in [0.4, 0.5) is 11.8 Å². The molecule has 0 fully saturated rings. The summed E-state index contributed by atoms with van der Waals surface area (Å²) in [5, 5.41) is 17.0. The molecule has 0 aliphatic heterocycles. The van der Waals surface area contributed by atoms with Crippen molar-refractivity contribution in [3.05, 3.63) is 40.7 Å². The van der Waals surface area contributed by atoms with E-state index in [9.17, 15) is 5.11 Å². The summed E-state index contributed by atoms with van der Waals surface area (Å²) in [5.74, 6) is 1.35. The molecule has 0 saturated heterocycles. The Hall–Kier alpha value is -2.38. The third-order valence-electron chi connectivity index (χ3n) is 4.86. The van der Waals surface area contributed by atoms with Crippen molar-refractivity contribution in [1.29, 1.82) is 0 Å². The van der Waals surface area contributed by atoms with Crippen molar-refractivity contribution in [1.82, 2.24) is 19.5 Å². The van der Waals surface area contributed by atoms with Gasteiger partial charge >= 0.3 is 0 Å². The fraction of sp³-hybridized carbons (Fsp3) is 0.476. The van der Waals surface area contributed by atoms with E-state index in [4.69, 9.17) is 11.6 Å². The van der Waals surface area contributed by atoms with Gasteiger partial charge in [-0.1, -0.05) is 31.5 Å². The van der Waals surface area contributed by atoms with Gasteiger partial charge in [0.15, 0.2) is 17.0 Å². The van der Waals surface area contributed by atoms with Crippen molar-refractivity contribution >= 4 is 34.5 Å². The number of halogens is 1. The zero-order valence-corrected chi connectivity index (χ0v) is 18.3. The molecule has 7 nitrogen and oxygen atoms in total. The molecule has 3 rings (SSSR count). The fourth-order valence-electron chi connectivity index (χ4n) is 3.17. The molecule has 0 aliphatic rings. The molecule has 3 N–H and O–H groups in total. The molecule has 0 saturated carbocycles. The van der Waals surface area contributed by atoms with Crippen LogP contribution in [0.25, 0.3) is 11.2 Å². The van der Waals surface area contributed by atoms with E-state index < -0.39 is 0 Å². The van der Waals surface area contributed by atoms with Crippen LogP contribution in [0.5, 0.6) is 0 Å². The van der Waals surface area contributed by atoms with Crippen molar-refractivity contribution in [2.45, 2.75) is 53.2 Å². The average molecular weight is 417 g/mol. The van der Waals surface area contributed by atoms with E-state index in [0.29, 0.717) is 28.9 Å². The zero-order valence-electron chi connectivity index (χ0n) is 17.6. The van der Waals surface area contributed by atoms with Crippen molar-refractivity contribution in [3.8, 4) is 0 Å². The van der Waals surface area contributed by atoms with Gasteiger partial charge in [0.1, 0.15) is 0 Å². The number of fused-ring (bicyclic) bond motifs is 1. The molecule has 29 heavy (non-hydrogen) atoms. The number of rotatable bonds is 8. The van der Waals surface area contributed by atoms with Crippen molar-refractivity contribution in [2.24, 2.45) is 5.92 Å². The Morgan fingerprint density at radius 1 is 1.14 bits per heavy atom. The minimum atomic E-state index is -0.133. The van der Waals surface area contributed by atoms with Gasteiger partial charge in [-0.05, 0) is 49.9 Å². The summed E-state index contributed by atoms with van der Waals surface area (Å²) in [5.41, 5.74) is 3.64. The quantitative estimate of drug-likeness (QED) is 0.504. The lowest BCUT2D eigenvalue weighted by molar-refractivity contribution is 0.248. The Kier molecular flexibility index (Phi) is 6.59. The average Bonchev–Trinajstić information content (AvgIpc) is 3.07. The van der Waals surface area contributed by atoms with Crippen molar-refractivity contribution < 1.29 is 5.11 Å². The van der Waals surface area contributed by atoms with Gasteiger partial charge in [0.25, 0.3) is 0 Å². The predicted octanol–water partition coefficient (Wildman–Crippen LogP) is 4.41. The summed E-state index contributed by atoms with van der Waals surface area (Å²) in [7, 11) is 0. The largest absolute Gasteiger partial charge is 0.394 e. The smallest absolute Gasteiger partial charge is 0.227 e. The molecule has 2 heterocycles. The van der Waals surface area contributed by atoms with Crippen LogP contribution in [0.3, 0.4) is 0 Å². The Balaban J connectivity index is 1.97. The maximum Gasteiger partial charge on any atom is 0.227 e. The van der Waals surface area contributed by atoms with E-state index in [1.54, 1.807) is 6.33 Å². The molecule has 0 radical (unpaired) electrons. The second-order valence-corrected chi connectivity index (χ2v) is 8.42. The number of aromatic nitrogens is 4. The maximum atomic E-state index is 9.68. The lowest BCUT2D eigenvalue weighted by atomic mass is 10.1. The highest BCUT2D eigenvalue weighted by Gasteiger charge is 2.18. The van der Waals surface area contributed by atoms with Gasteiger partial charge < -0.3 is 20.3 Å². The molecule has 0 aliphatic carbocycles. The number of hydrogen-bond acceptors (Lipinski definition) is 6. The van der Waals surface area contributed by atoms with Crippen LogP contribution in [0.15, 0.2) is 24.5 Å². The topological polar surface area (TPSA) is 87.9 Å². The lowest BCUT2D eigenvalue weighted by Crippen LogP contribution is -2.30. The molecule has 156 valence electrons. The minimum Gasteiger partial charge on any atom is -0.394 e. The summed E-state index contributed by atoms with van der Waals surface area (Å²) in [6, 6.07) is 6.04. The number of imidazole rings is 1. The van der Waals surface area contributed by atoms with Gasteiger partial charge in [-0.25, -0.2) is 4.98 Å². The number of aryl methyl sites for hydroxylation is 1. The normalized spacial score (nSPS) is 12.7. The number of hydrogen-bond donors (Lipinski definition) is 3. The summed E-state index contributed by atoms with van der Waals surface area (Å²) in [6.07, 6.45) is 1.79. The molecule has 2 aromatic heterocycles. The van der Waals surface area contributed by atoms with Crippen LogP contribution in [-0.4, -0.2) is 37.3 Å². The van der Waals surface area contributed by atoms with Crippen LogP contribution in [0, 0.1) is 12.8 Å². The van der Waals surface area contributed by atoms with E-state index in [0.717, 1.165) is 16.8 Å². The maximum absolute atomic E-state index is 9.68. The molecule has 1 aromatic carbocycles. The number of nitrogens with one attached hydrogen (secondary N) is 2. The second kappa shape index (κ2) is 8.97. The predicted molar refractivity (Wildman–Crippen MR) is 119 cm³/mol. The molecule has 8 heteroatoms. The third-order valence-corrected chi connectivity index (χ3v) is 5.07. The van der Waals surface area contributed by atoms with Crippen LogP contribution in [-0.2, 0) is 6.54 Å². The number of aliphatic hydroxyl groups is 1. The Bertz CT molecular complexity index is 964. The molecule has 0 unspecified atom stereocenters. The number of nitrogens with zero attached hydrogens (tertiary/aromatic N) is 4. The highest BCUT2D eigenvalue weighted by molar-refractivity contribution is 6.30. The van der Waals surface area contributed by atoms with E-state index in [-0.39, 0.29) is 24.6 Å². The first-order valence-corrected chi connectivity index (χ1v) is 10.3. The summed E-state index contributed by atoms with van der Waals surface area (Å²) in [4.78, 5) is 13.9. The van der Waals surface area contributed by atoms with E-state index in [1.165, 1.54) is 0 Å². The molecule has 0 amide bonds. The molecular weight excluding hydrogens is 388 g/mol. The first-order chi connectivity index (χ1) is 13.8. The van der Waals surface area contributed by atoms with Crippen molar-refractivity contribution in [3.63, 3.8) is 0 Å². The summed E-state index contributed by atoms with van der Waals surface area (Å²) >= 11 is 6.19. The van der Waals surface area contributed by atoms with Crippen LogP contribution in [0.2, 0.25) is 5.02 Å². The Morgan fingerprint density at radius 2 is 1.90 bits per heavy atom. The number of benzene rings is 1. The standard InChI is InChI=1S/C21H29ClN6O/c1-12(2)17(10-29)25-21-26-19(18-20(27-21)28(11-24-18)13(3)4)23-9-15-6-14(5)7-16(22)8-15/h6-8,11-13,17,29H,9-10H2,1-5H3,(H2,23,25,26,27)/t17-/m0/s1.